The van der Waals surface area contributed by atoms with Gasteiger partial charge in [0.15, 0.2) is 0 Å². The van der Waals surface area contributed by atoms with E-state index in [0.29, 0.717) is 29.5 Å². The van der Waals surface area contributed by atoms with Crippen LogP contribution in [0, 0.1) is 17.2 Å². The molecule has 5 heteroatoms. The summed E-state index contributed by atoms with van der Waals surface area (Å²) in [6.45, 7) is 2.17. The van der Waals surface area contributed by atoms with Gasteiger partial charge >= 0.3 is 6.03 Å². The molecule has 4 nitrogen and oxygen atoms in total. The van der Waals surface area contributed by atoms with Gasteiger partial charge in [-0.15, -0.1) is 0 Å². The van der Waals surface area contributed by atoms with Crippen LogP contribution in [0.25, 0.3) is 0 Å². The quantitative estimate of drug-likeness (QED) is 0.873. The maximum Gasteiger partial charge on any atom is 0.320 e. The van der Waals surface area contributed by atoms with Crippen LogP contribution in [0.1, 0.15) is 39.0 Å². The lowest BCUT2D eigenvalue weighted by molar-refractivity contribution is 0.216. The Bertz CT molecular complexity index is 545. The first-order valence-electron chi connectivity index (χ1n) is 7.33. The van der Waals surface area contributed by atoms with Gasteiger partial charge in [0, 0.05) is 10.7 Å². The zero-order chi connectivity index (χ0) is 15.3. The summed E-state index contributed by atoms with van der Waals surface area (Å²) < 4.78 is 0. The predicted octanol–water partition coefficient (Wildman–Crippen LogP) is 4.32. The first kappa shape index (κ1) is 15.7. The average molecular weight is 306 g/mol. The summed E-state index contributed by atoms with van der Waals surface area (Å²) in [4.78, 5) is 12.1. The van der Waals surface area contributed by atoms with Gasteiger partial charge in [-0.05, 0) is 49.8 Å². The molecular formula is C16H20ClN3O. The van der Waals surface area contributed by atoms with Crippen LogP contribution < -0.4 is 10.6 Å². The average Bonchev–Trinajstić information content (AvgIpc) is 2.48. The summed E-state index contributed by atoms with van der Waals surface area (Å²) >= 11 is 5.88. The van der Waals surface area contributed by atoms with Gasteiger partial charge in [0.05, 0.1) is 6.07 Å². The number of urea groups is 1. The van der Waals surface area contributed by atoms with E-state index in [1.807, 2.05) is 0 Å². The summed E-state index contributed by atoms with van der Waals surface area (Å²) in [5.74, 6) is 0.671. The smallest absolute Gasteiger partial charge is 0.319 e. The van der Waals surface area contributed by atoms with Gasteiger partial charge in [-0.3, -0.25) is 0 Å². The van der Waals surface area contributed by atoms with E-state index in [1.54, 1.807) is 24.3 Å². The minimum atomic E-state index is -0.742. The Hall–Kier alpha value is -1.73. The molecule has 0 aromatic heterocycles. The second-order valence-electron chi connectivity index (χ2n) is 5.64. The van der Waals surface area contributed by atoms with Crippen molar-refractivity contribution in [2.75, 3.05) is 5.32 Å². The highest BCUT2D eigenvalue weighted by Gasteiger charge is 2.36. The lowest BCUT2D eigenvalue weighted by Gasteiger charge is -2.35. The number of rotatable bonds is 3. The number of nitrogens with one attached hydrogen (secondary N) is 2. The fraction of sp³-hybridized carbons (Fsp3) is 0.500. The molecule has 1 aliphatic carbocycles. The molecule has 1 aromatic carbocycles. The van der Waals surface area contributed by atoms with Crippen LogP contribution >= 0.6 is 11.6 Å². The van der Waals surface area contributed by atoms with E-state index in [0.717, 1.165) is 19.3 Å². The number of benzene rings is 1. The van der Waals surface area contributed by atoms with Gasteiger partial charge in [-0.1, -0.05) is 31.0 Å². The zero-order valence-corrected chi connectivity index (χ0v) is 12.9. The van der Waals surface area contributed by atoms with Crippen molar-refractivity contribution < 1.29 is 4.79 Å². The number of hydrogen-bond acceptors (Lipinski definition) is 2. The molecule has 112 valence electrons. The van der Waals surface area contributed by atoms with Gasteiger partial charge in [0.2, 0.25) is 0 Å². The summed E-state index contributed by atoms with van der Waals surface area (Å²) in [6, 6.07) is 8.89. The number of carbonyl (C=O) groups is 1. The first-order valence-corrected chi connectivity index (χ1v) is 7.71. The van der Waals surface area contributed by atoms with Gasteiger partial charge in [-0.2, -0.15) is 5.26 Å². The molecule has 0 atom stereocenters. The predicted molar refractivity (Wildman–Crippen MR) is 84.2 cm³/mol. The molecule has 0 bridgehead atoms. The fourth-order valence-electron chi connectivity index (χ4n) is 2.79. The summed E-state index contributed by atoms with van der Waals surface area (Å²) in [6.07, 6.45) is 4.54. The Kier molecular flexibility index (Phi) is 5.08. The topological polar surface area (TPSA) is 64.9 Å². The van der Waals surface area contributed by atoms with Crippen LogP contribution in [0.3, 0.4) is 0 Å². The molecule has 1 aliphatic rings. The molecule has 0 radical (unpaired) electrons. The summed E-state index contributed by atoms with van der Waals surface area (Å²) in [5, 5.41) is 15.6. The van der Waals surface area contributed by atoms with Crippen LogP contribution in [0.2, 0.25) is 5.02 Å². The molecule has 0 aliphatic heterocycles. The van der Waals surface area contributed by atoms with Gasteiger partial charge in [-0.25, -0.2) is 4.79 Å². The number of amides is 2. The third-order valence-electron chi connectivity index (χ3n) is 4.19. The number of hydrogen-bond donors (Lipinski definition) is 2. The van der Waals surface area contributed by atoms with Crippen molar-refractivity contribution in [3.8, 4) is 6.07 Å². The maximum absolute atomic E-state index is 12.1. The molecule has 2 N–H and O–H groups in total. The SMILES string of the molecule is CCC1CCC(C#N)(NC(=O)Nc2cccc(Cl)c2)CC1. The molecule has 2 rings (SSSR count). The van der Waals surface area contributed by atoms with Gasteiger partial charge in [0.25, 0.3) is 0 Å². The molecule has 1 fully saturated rings. The van der Waals surface area contributed by atoms with E-state index >= 15 is 0 Å². The normalized spacial score (nSPS) is 24.9. The lowest BCUT2D eigenvalue weighted by Crippen LogP contribution is -2.51. The van der Waals surface area contributed by atoms with E-state index in [2.05, 4.69) is 23.6 Å². The highest BCUT2D eigenvalue weighted by molar-refractivity contribution is 6.30. The maximum atomic E-state index is 12.1. The Balaban J connectivity index is 1.96. The van der Waals surface area contributed by atoms with E-state index in [1.165, 1.54) is 0 Å². The Labute approximate surface area is 130 Å². The molecule has 2 amide bonds. The number of nitriles is 1. The van der Waals surface area contributed by atoms with E-state index in [-0.39, 0.29) is 6.03 Å². The van der Waals surface area contributed by atoms with Crippen LogP contribution in [0.15, 0.2) is 24.3 Å². The molecule has 1 aromatic rings. The minimum absolute atomic E-state index is 0.353. The monoisotopic (exact) mass is 305 g/mol. The molecule has 0 saturated heterocycles. The summed E-state index contributed by atoms with van der Waals surface area (Å²) in [5.41, 5.74) is -0.121. The van der Waals surface area contributed by atoms with E-state index < -0.39 is 5.54 Å². The largest absolute Gasteiger partial charge is 0.320 e. The lowest BCUT2D eigenvalue weighted by atomic mass is 9.76. The second-order valence-corrected chi connectivity index (χ2v) is 6.07. The van der Waals surface area contributed by atoms with Gasteiger partial charge in [0.1, 0.15) is 5.54 Å². The molecule has 0 heterocycles. The number of anilines is 1. The number of halogens is 1. The molecule has 1 saturated carbocycles. The van der Waals surface area contributed by atoms with Crippen LogP contribution in [-0.2, 0) is 0 Å². The van der Waals surface area contributed by atoms with E-state index in [4.69, 9.17) is 11.6 Å². The second kappa shape index (κ2) is 6.82. The van der Waals surface area contributed by atoms with Crippen molar-refractivity contribution in [1.29, 1.82) is 5.26 Å². The third-order valence-corrected chi connectivity index (χ3v) is 4.42. The Morgan fingerprint density at radius 1 is 1.48 bits per heavy atom. The summed E-state index contributed by atoms with van der Waals surface area (Å²) in [7, 11) is 0. The fourth-order valence-corrected chi connectivity index (χ4v) is 2.98. The highest BCUT2D eigenvalue weighted by atomic mass is 35.5. The third kappa shape index (κ3) is 4.12. The van der Waals surface area contributed by atoms with Crippen LogP contribution in [0.5, 0.6) is 0 Å². The number of carbonyl (C=O) groups excluding carboxylic acids is 1. The van der Waals surface area contributed by atoms with Crippen molar-refractivity contribution in [2.24, 2.45) is 5.92 Å². The van der Waals surface area contributed by atoms with Crippen molar-refractivity contribution >= 4 is 23.3 Å². The molecule has 21 heavy (non-hydrogen) atoms. The minimum Gasteiger partial charge on any atom is -0.319 e. The number of nitrogens with zero attached hydrogens (tertiary/aromatic N) is 1. The zero-order valence-electron chi connectivity index (χ0n) is 12.2. The van der Waals surface area contributed by atoms with Crippen molar-refractivity contribution in [3.63, 3.8) is 0 Å². The Morgan fingerprint density at radius 2 is 2.19 bits per heavy atom. The molecule has 0 unspecified atom stereocenters. The molecule has 0 spiro atoms. The standard InChI is InChI=1S/C16H20ClN3O/c1-2-12-6-8-16(11-18,9-7-12)20-15(21)19-14-5-3-4-13(17)10-14/h3-5,10,12H,2,6-9H2,1H3,(H2,19,20,21). The van der Waals surface area contributed by atoms with Crippen molar-refractivity contribution in [2.45, 2.75) is 44.6 Å². The van der Waals surface area contributed by atoms with Crippen molar-refractivity contribution in [3.05, 3.63) is 29.3 Å². The first-order chi connectivity index (χ1) is 10.1. The Morgan fingerprint density at radius 3 is 2.76 bits per heavy atom. The molecular weight excluding hydrogens is 286 g/mol. The van der Waals surface area contributed by atoms with Gasteiger partial charge < -0.3 is 10.6 Å². The van der Waals surface area contributed by atoms with Crippen LogP contribution in [-0.4, -0.2) is 11.6 Å². The van der Waals surface area contributed by atoms with Crippen molar-refractivity contribution in [1.82, 2.24) is 5.32 Å². The van der Waals surface area contributed by atoms with Crippen LogP contribution in [0.4, 0.5) is 10.5 Å². The van der Waals surface area contributed by atoms with E-state index in [9.17, 15) is 10.1 Å². The highest BCUT2D eigenvalue weighted by Crippen LogP contribution is 2.33.